The highest BCUT2D eigenvalue weighted by Gasteiger charge is 2.28. The average Bonchev–Trinajstić information content (AvgIpc) is 3.12. The Balaban J connectivity index is 3.77. The van der Waals surface area contributed by atoms with E-state index >= 15 is 0 Å². The Kier molecular flexibility index (Phi) is 37.6. The number of hydrogen-bond acceptors (Lipinski definition) is 5. The number of carbonyl (C=O) groups excluding carboxylic acids is 1. The number of amides is 1. The molecule has 0 rings (SSSR count). The first-order chi connectivity index (χ1) is 24.5. The van der Waals surface area contributed by atoms with E-state index in [1.807, 2.05) is 0 Å². The lowest BCUT2D eigenvalue weighted by atomic mass is 10.00. The van der Waals surface area contributed by atoms with Crippen LogP contribution < -0.4 is 5.32 Å². The summed E-state index contributed by atoms with van der Waals surface area (Å²) in [5, 5.41) is 43.6. The molecule has 1 amide bonds. The molecule has 0 fully saturated rings. The smallest absolute Gasteiger partial charge is 0.249 e. The molecule has 6 heteroatoms. The van der Waals surface area contributed by atoms with E-state index in [0.29, 0.717) is 19.3 Å². The van der Waals surface area contributed by atoms with Crippen molar-refractivity contribution >= 4 is 5.91 Å². The number of aliphatic hydroxyl groups excluding tert-OH is 4. The van der Waals surface area contributed by atoms with Crippen molar-refractivity contribution in [3.05, 3.63) is 36.5 Å². The quantitative estimate of drug-likeness (QED) is 0.0324. The molecular weight excluding hydrogens is 622 g/mol. The van der Waals surface area contributed by atoms with Crippen LogP contribution in [0.15, 0.2) is 36.5 Å². The Bertz CT molecular complexity index is 797. The molecule has 294 valence electrons. The molecule has 0 heterocycles. The van der Waals surface area contributed by atoms with Gasteiger partial charge in [-0.2, -0.15) is 0 Å². The zero-order chi connectivity index (χ0) is 36.8. The number of unbranched alkanes of at least 4 members (excludes halogenated alkanes) is 23. The maximum Gasteiger partial charge on any atom is 0.249 e. The van der Waals surface area contributed by atoms with Gasteiger partial charge in [-0.25, -0.2) is 0 Å². The summed E-state index contributed by atoms with van der Waals surface area (Å²) < 4.78 is 0. The molecule has 0 aliphatic heterocycles. The predicted molar refractivity (Wildman–Crippen MR) is 214 cm³/mol. The van der Waals surface area contributed by atoms with E-state index in [4.69, 9.17) is 0 Å². The van der Waals surface area contributed by atoms with Crippen molar-refractivity contribution in [3.63, 3.8) is 0 Å². The van der Waals surface area contributed by atoms with Gasteiger partial charge in [0, 0.05) is 0 Å². The van der Waals surface area contributed by atoms with Gasteiger partial charge in [0.1, 0.15) is 12.2 Å². The van der Waals surface area contributed by atoms with E-state index in [1.165, 1.54) is 116 Å². The predicted octanol–water partition coefficient (Wildman–Crippen LogP) is 11.0. The Labute approximate surface area is 309 Å². The summed E-state index contributed by atoms with van der Waals surface area (Å²) in [5.74, 6) is -0.599. The zero-order valence-electron chi connectivity index (χ0n) is 32.9. The largest absolute Gasteiger partial charge is 0.394 e. The molecule has 0 aromatic rings. The van der Waals surface area contributed by atoms with Crippen LogP contribution in [-0.4, -0.2) is 57.3 Å². The summed E-state index contributed by atoms with van der Waals surface area (Å²) in [4.78, 5) is 12.5. The summed E-state index contributed by atoms with van der Waals surface area (Å²) >= 11 is 0. The maximum absolute atomic E-state index is 12.5. The third-order valence-corrected chi connectivity index (χ3v) is 9.79. The second-order valence-electron chi connectivity index (χ2n) is 14.7. The van der Waals surface area contributed by atoms with Gasteiger partial charge in [-0.15, -0.1) is 0 Å². The second-order valence-corrected chi connectivity index (χ2v) is 14.7. The van der Waals surface area contributed by atoms with Crippen LogP contribution in [-0.2, 0) is 4.79 Å². The lowest BCUT2D eigenvalue weighted by molar-refractivity contribution is -0.132. The summed E-state index contributed by atoms with van der Waals surface area (Å²) in [5.41, 5.74) is 0. The molecule has 6 nitrogen and oxygen atoms in total. The van der Waals surface area contributed by atoms with Gasteiger partial charge in [0.15, 0.2) is 0 Å². The van der Waals surface area contributed by atoms with Crippen LogP contribution in [0.3, 0.4) is 0 Å². The Morgan fingerprint density at radius 1 is 0.480 bits per heavy atom. The molecule has 0 aliphatic rings. The Hall–Kier alpha value is -1.47. The van der Waals surface area contributed by atoms with Crippen LogP contribution in [0, 0.1) is 0 Å². The zero-order valence-corrected chi connectivity index (χ0v) is 32.9. The van der Waals surface area contributed by atoms with Crippen molar-refractivity contribution < 1.29 is 25.2 Å². The molecule has 0 aromatic heterocycles. The minimum atomic E-state index is -1.29. The molecule has 0 saturated heterocycles. The van der Waals surface area contributed by atoms with Crippen LogP contribution in [0.1, 0.15) is 206 Å². The van der Waals surface area contributed by atoms with Crippen molar-refractivity contribution in [2.24, 2.45) is 0 Å². The number of rotatable bonds is 38. The van der Waals surface area contributed by atoms with Gasteiger partial charge in [0.25, 0.3) is 0 Å². The number of hydrogen-bond donors (Lipinski definition) is 5. The molecule has 0 aliphatic carbocycles. The van der Waals surface area contributed by atoms with Gasteiger partial charge in [-0.05, 0) is 57.8 Å². The molecule has 4 atom stereocenters. The SMILES string of the molecule is CCC/C=C/CC/C=C/CC/C=C/CCCC(O)C(O)C(CO)NC(=O)C(O)CCCCCCCCCCCCCCCCCCCCCC. The normalized spacial score (nSPS) is 14.6. The Morgan fingerprint density at radius 3 is 1.26 bits per heavy atom. The van der Waals surface area contributed by atoms with Crippen molar-refractivity contribution in [1.82, 2.24) is 5.32 Å². The molecule has 50 heavy (non-hydrogen) atoms. The summed E-state index contributed by atoms with van der Waals surface area (Å²) in [6, 6.07) is -1.01. The van der Waals surface area contributed by atoms with Gasteiger partial charge in [0.2, 0.25) is 5.91 Å². The molecule has 0 bridgehead atoms. The van der Waals surface area contributed by atoms with Crippen LogP contribution in [0.4, 0.5) is 0 Å². The first-order valence-electron chi connectivity index (χ1n) is 21.4. The minimum Gasteiger partial charge on any atom is -0.394 e. The summed E-state index contributed by atoms with van der Waals surface area (Å²) in [6.07, 6.45) is 44.6. The fourth-order valence-corrected chi connectivity index (χ4v) is 6.38. The van der Waals surface area contributed by atoms with Crippen molar-refractivity contribution in [2.75, 3.05) is 6.61 Å². The van der Waals surface area contributed by atoms with E-state index in [0.717, 1.165) is 57.8 Å². The summed E-state index contributed by atoms with van der Waals surface area (Å²) in [7, 11) is 0. The van der Waals surface area contributed by atoms with Crippen LogP contribution in [0.2, 0.25) is 0 Å². The highest BCUT2D eigenvalue weighted by molar-refractivity contribution is 5.80. The fraction of sp³-hybridized carbons (Fsp3) is 0.841. The van der Waals surface area contributed by atoms with E-state index < -0.39 is 36.9 Å². The molecule has 0 radical (unpaired) electrons. The highest BCUT2D eigenvalue weighted by atomic mass is 16.3. The van der Waals surface area contributed by atoms with Gasteiger partial charge in [-0.3, -0.25) is 4.79 Å². The van der Waals surface area contributed by atoms with Crippen molar-refractivity contribution in [1.29, 1.82) is 0 Å². The highest BCUT2D eigenvalue weighted by Crippen LogP contribution is 2.16. The second kappa shape index (κ2) is 38.8. The van der Waals surface area contributed by atoms with Crippen molar-refractivity contribution in [2.45, 2.75) is 231 Å². The third-order valence-electron chi connectivity index (χ3n) is 9.79. The van der Waals surface area contributed by atoms with Crippen LogP contribution in [0.5, 0.6) is 0 Å². The van der Waals surface area contributed by atoms with Crippen molar-refractivity contribution in [3.8, 4) is 0 Å². The van der Waals surface area contributed by atoms with Crippen LogP contribution >= 0.6 is 0 Å². The topological polar surface area (TPSA) is 110 Å². The number of aliphatic hydroxyl groups is 4. The first-order valence-corrected chi connectivity index (χ1v) is 21.4. The lowest BCUT2D eigenvalue weighted by Crippen LogP contribution is -2.53. The van der Waals surface area contributed by atoms with Gasteiger partial charge < -0.3 is 25.7 Å². The minimum absolute atomic E-state index is 0.361. The molecule has 5 N–H and O–H groups in total. The standard InChI is InChI=1S/C44H83NO5/c1-3-5-7-9-11-13-15-17-19-20-21-22-23-24-26-28-30-32-34-36-38-42(48)44(50)45-40(39-46)43(49)41(47)37-35-33-31-29-27-25-18-16-14-12-10-8-6-4-2/h8,10,16,18,29,31,40-43,46-49H,3-7,9,11-15,17,19-28,30,32-39H2,1-2H3,(H,45,50)/b10-8+,18-16+,31-29+. The van der Waals surface area contributed by atoms with E-state index in [1.54, 1.807) is 0 Å². The summed E-state index contributed by atoms with van der Waals surface area (Å²) in [6.45, 7) is 3.97. The number of allylic oxidation sites excluding steroid dienone is 6. The van der Waals surface area contributed by atoms with E-state index in [2.05, 4.69) is 55.6 Å². The molecule has 0 aromatic carbocycles. The number of nitrogens with one attached hydrogen (secondary N) is 1. The van der Waals surface area contributed by atoms with Gasteiger partial charge in [0.05, 0.1) is 18.8 Å². The first kappa shape index (κ1) is 48.5. The molecular formula is C44H83NO5. The fourth-order valence-electron chi connectivity index (χ4n) is 6.38. The number of carbonyl (C=O) groups is 1. The van der Waals surface area contributed by atoms with Crippen LogP contribution in [0.25, 0.3) is 0 Å². The lowest BCUT2D eigenvalue weighted by Gasteiger charge is -2.27. The van der Waals surface area contributed by atoms with Gasteiger partial charge in [-0.1, -0.05) is 185 Å². The van der Waals surface area contributed by atoms with Gasteiger partial charge >= 0.3 is 0 Å². The Morgan fingerprint density at radius 2 is 0.860 bits per heavy atom. The molecule has 0 spiro atoms. The maximum atomic E-state index is 12.5. The van der Waals surface area contributed by atoms with E-state index in [9.17, 15) is 25.2 Å². The third kappa shape index (κ3) is 32.4. The van der Waals surface area contributed by atoms with E-state index in [-0.39, 0.29) is 0 Å². The monoisotopic (exact) mass is 706 g/mol. The average molecular weight is 706 g/mol. The molecule has 0 saturated carbocycles. The molecule has 4 unspecified atom stereocenters.